The number of hydrogen-bond donors (Lipinski definition) is 0. The van der Waals surface area contributed by atoms with Gasteiger partial charge in [-0.3, -0.25) is 10.1 Å². The topological polar surface area (TPSA) is 56.0 Å². The van der Waals surface area contributed by atoms with Gasteiger partial charge in [0.25, 0.3) is 0 Å². The van der Waals surface area contributed by atoms with Crippen molar-refractivity contribution in [2.24, 2.45) is 0 Å². The zero-order valence-corrected chi connectivity index (χ0v) is 8.82. The first-order valence-corrected chi connectivity index (χ1v) is 5.53. The number of thioether (sulfide) groups is 1. The quantitative estimate of drug-likeness (QED) is 0.443. The lowest BCUT2D eigenvalue weighted by molar-refractivity contribution is -0.388. The lowest BCUT2D eigenvalue weighted by Crippen LogP contribution is -1.93. The van der Waals surface area contributed by atoms with Crippen LogP contribution in [-0.2, 0) is 0 Å². The van der Waals surface area contributed by atoms with Gasteiger partial charge in [-0.1, -0.05) is 18.2 Å². The van der Waals surface area contributed by atoms with Gasteiger partial charge in [0.05, 0.1) is 10.4 Å². The van der Waals surface area contributed by atoms with E-state index in [1.54, 1.807) is 12.3 Å². The molecule has 1 heterocycles. The van der Waals surface area contributed by atoms with Crippen molar-refractivity contribution in [1.82, 2.24) is 4.98 Å². The summed E-state index contributed by atoms with van der Waals surface area (Å²) >= 11 is 1.29. The molecule has 15 heavy (non-hydrogen) atoms. The third kappa shape index (κ3) is 1.78. The van der Waals surface area contributed by atoms with Crippen molar-refractivity contribution in [3.63, 3.8) is 0 Å². The van der Waals surface area contributed by atoms with E-state index in [1.807, 2.05) is 24.3 Å². The second-order valence-electron chi connectivity index (χ2n) is 2.97. The van der Waals surface area contributed by atoms with Crippen LogP contribution in [0.3, 0.4) is 0 Å². The van der Waals surface area contributed by atoms with Crippen LogP contribution in [0, 0.1) is 10.1 Å². The Labute approximate surface area is 90.5 Å². The molecule has 1 aromatic carbocycles. The van der Waals surface area contributed by atoms with E-state index in [2.05, 4.69) is 4.98 Å². The SMILES string of the molecule is CSc1nc2ccccc2cc1[N+](=O)[O-]. The predicted octanol–water partition coefficient (Wildman–Crippen LogP) is 2.86. The van der Waals surface area contributed by atoms with Gasteiger partial charge in [0.1, 0.15) is 0 Å². The van der Waals surface area contributed by atoms with Crippen LogP contribution in [-0.4, -0.2) is 16.2 Å². The highest BCUT2D eigenvalue weighted by molar-refractivity contribution is 7.98. The summed E-state index contributed by atoms with van der Waals surface area (Å²) in [7, 11) is 0. The smallest absolute Gasteiger partial charge is 0.258 e. The number of aromatic nitrogens is 1. The normalized spacial score (nSPS) is 10.5. The zero-order valence-electron chi connectivity index (χ0n) is 8.01. The van der Waals surface area contributed by atoms with Crippen LogP contribution in [0.25, 0.3) is 10.9 Å². The summed E-state index contributed by atoms with van der Waals surface area (Å²) in [4.78, 5) is 14.6. The van der Waals surface area contributed by atoms with Crippen LogP contribution in [0.4, 0.5) is 5.69 Å². The molecule has 4 nitrogen and oxygen atoms in total. The Kier molecular flexibility index (Phi) is 2.55. The summed E-state index contributed by atoms with van der Waals surface area (Å²) in [5.74, 6) is 0. The van der Waals surface area contributed by atoms with E-state index in [0.29, 0.717) is 5.03 Å². The molecule has 0 spiro atoms. The molecule has 76 valence electrons. The molecule has 0 amide bonds. The molecular formula is C10H8N2O2S. The average molecular weight is 220 g/mol. The second kappa shape index (κ2) is 3.86. The van der Waals surface area contributed by atoms with Crippen molar-refractivity contribution in [3.8, 4) is 0 Å². The van der Waals surface area contributed by atoms with E-state index in [1.165, 1.54) is 11.8 Å². The summed E-state index contributed by atoms with van der Waals surface area (Å²) in [6, 6.07) is 8.93. The Bertz CT molecular complexity index is 528. The Morgan fingerprint density at radius 1 is 1.40 bits per heavy atom. The van der Waals surface area contributed by atoms with Gasteiger partial charge < -0.3 is 0 Å². The fourth-order valence-corrected chi connectivity index (χ4v) is 1.90. The number of hydrogen-bond acceptors (Lipinski definition) is 4. The minimum atomic E-state index is -0.398. The Morgan fingerprint density at radius 3 is 2.80 bits per heavy atom. The second-order valence-corrected chi connectivity index (χ2v) is 3.76. The molecule has 0 atom stereocenters. The number of benzene rings is 1. The van der Waals surface area contributed by atoms with Crippen LogP contribution in [0.2, 0.25) is 0 Å². The van der Waals surface area contributed by atoms with Crippen molar-refractivity contribution in [2.75, 3.05) is 6.26 Å². The molecule has 1 aromatic heterocycles. The van der Waals surface area contributed by atoms with Crippen LogP contribution < -0.4 is 0 Å². The minimum Gasteiger partial charge on any atom is -0.258 e. The third-order valence-corrected chi connectivity index (χ3v) is 2.75. The highest BCUT2D eigenvalue weighted by atomic mass is 32.2. The highest BCUT2D eigenvalue weighted by Crippen LogP contribution is 2.28. The number of nitrogens with zero attached hydrogens (tertiary/aromatic N) is 2. The molecular weight excluding hydrogens is 212 g/mol. The molecule has 5 heteroatoms. The van der Waals surface area contributed by atoms with E-state index in [9.17, 15) is 10.1 Å². The standard InChI is InChI=1S/C10H8N2O2S/c1-15-10-9(12(13)14)6-7-4-2-3-5-8(7)11-10/h2-6H,1H3. The molecule has 0 N–H and O–H groups in total. The zero-order chi connectivity index (χ0) is 10.8. The predicted molar refractivity (Wildman–Crippen MR) is 60.2 cm³/mol. The summed E-state index contributed by atoms with van der Waals surface area (Å²) in [5, 5.41) is 12.0. The van der Waals surface area contributed by atoms with Gasteiger partial charge in [-0.15, -0.1) is 11.8 Å². The first-order chi connectivity index (χ1) is 7.22. The number of rotatable bonds is 2. The molecule has 0 aliphatic rings. The van der Waals surface area contributed by atoms with E-state index in [-0.39, 0.29) is 5.69 Å². The minimum absolute atomic E-state index is 0.0706. The summed E-state index contributed by atoms with van der Waals surface area (Å²) in [6.45, 7) is 0. The largest absolute Gasteiger partial charge is 0.301 e. The maximum Gasteiger partial charge on any atom is 0.301 e. The van der Waals surface area contributed by atoms with Crippen LogP contribution >= 0.6 is 11.8 Å². The summed E-state index contributed by atoms with van der Waals surface area (Å²) in [6.07, 6.45) is 1.78. The Morgan fingerprint density at radius 2 is 2.13 bits per heavy atom. The maximum atomic E-state index is 10.8. The number of para-hydroxylation sites is 1. The lowest BCUT2D eigenvalue weighted by atomic mass is 10.2. The Hall–Kier alpha value is -1.62. The van der Waals surface area contributed by atoms with E-state index >= 15 is 0 Å². The molecule has 0 unspecified atom stereocenters. The van der Waals surface area contributed by atoms with Gasteiger partial charge in [0.15, 0.2) is 5.03 Å². The third-order valence-electron chi connectivity index (χ3n) is 2.06. The average Bonchev–Trinajstić information content (AvgIpc) is 2.27. The molecule has 0 radical (unpaired) electrons. The number of fused-ring (bicyclic) bond motifs is 1. The van der Waals surface area contributed by atoms with Crippen LogP contribution in [0.1, 0.15) is 0 Å². The van der Waals surface area contributed by atoms with Crippen molar-refractivity contribution < 1.29 is 4.92 Å². The van der Waals surface area contributed by atoms with Gasteiger partial charge in [-0.2, -0.15) is 0 Å². The fraction of sp³-hybridized carbons (Fsp3) is 0.100. The molecule has 0 bridgehead atoms. The van der Waals surface area contributed by atoms with E-state index in [0.717, 1.165) is 10.9 Å². The molecule has 0 saturated carbocycles. The van der Waals surface area contributed by atoms with Gasteiger partial charge >= 0.3 is 5.69 Å². The summed E-state index contributed by atoms with van der Waals surface area (Å²) < 4.78 is 0. The van der Waals surface area contributed by atoms with Gasteiger partial charge in [-0.25, -0.2) is 4.98 Å². The molecule has 0 saturated heterocycles. The van der Waals surface area contributed by atoms with Crippen LogP contribution in [0.15, 0.2) is 35.4 Å². The Balaban J connectivity index is 2.74. The van der Waals surface area contributed by atoms with Gasteiger partial charge in [-0.05, 0) is 12.3 Å². The number of pyridine rings is 1. The van der Waals surface area contributed by atoms with Crippen LogP contribution in [0.5, 0.6) is 0 Å². The lowest BCUT2D eigenvalue weighted by Gasteiger charge is -2.01. The van der Waals surface area contributed by atoms with E-state index < -0.39 is 4.92 Å². The van der Waals surface area contributed by atoms with E-state index in [4.69, 9.17) is 0 Å². The van der Waals surface area contributed by atoms with Crippen molar-refractivity contribution >= 4 is 28.4 Å². The molecule has 2 rings (SSSR count). The van der Waals surface area contributed by atoms with Crippen molar-refractivity contribution in [2.45, 2.75) is 5.03 Å². The van der Waals surface area contributed by atoms with Gasteiger partial charge in [0, 0.05) is 11.5 Å². The highest BCUT2D eigenvalue weighted by Gasteiger charge is 2.15. The molecule has 0 aliphatic carbocycles. The monoisotopic (exact) mass is 220 g/mol. The fourth-order valence-electron chi connectivity index (χ4n) is 1.37. The molecule has 0 fully saturated rings. The number of nitro groups is 1. The first kappa shape index (κ1) is 9.92. The molecule has 0 aliphatic heterocycles. The summed E-state index contributed by atoms with van der Waals surface area (Å²) in [5.41, 5.74) is 0.855. The maximum absolute atomic E-state index is 10.8. The molecule has 2 aromatic rings. The first-order valence-electron chi connectivity index (χ1n) is 4.30. The van der Waals surface area contributed by atoms with Crippen molar-refractivity contribution in [1.29, 1.82) is 0 Å². The van der Waals surface area contributed by atoms with Gasteiger partial charge in [0.2, 0.25) is 0 Å². The van der Waals surface area contributed by atoms with Crippen molar-refractivity contribution in [3.05, 3.63) is 40.4 Å².